The van der Waals surface area contributed by atoms with Gasteiger partial charge in [0, 0.05) is 19.0 Å². The molecule has 3 rings (SSSR count). The van der Waals surface area contributed by atoms with Crippen LogP contribution in [0.2, 0.25) is 0 Å². The number of halogens is 3. The fourth-order valence-corrected chi connectivity index (χ4v) is 2.46. The Morgan fingerprint density at radius 1 is 1.03 bits per heavy atom. The van der Waals surface area contributed by atoms with E-state index in [1.54, 1.807) is 0 Å². The second-order valence-corrected chi connectivity index (χ2v) is 5.95. The molecule has 150 valence electrons. The molecule has 0 spiro atoms. The first-order chi connectivity index (χ1) is 13.9. The Labute approximate surface area is 162 Å². The maximum absolute atomic E-state index is 13.9. The standard InChI is InChI=1S/C18H15F3N6O2/c19-11-3-5-13(15(21)8-11)18(29)22-7-1-2-17(28)24-16-9-12(4-6-14(16)20)27-10-23-25-26-27/h3-6,8-10H,1-2,7H2,(H,22,29)(H,24,28). The Balaban J connectivity index is 1.49. The van der Waals surface area contributed by atoms with Crippen molar-refractivity contribution in [2.24, 2.45) is 0 Å². The van der Waals surface area contributed by atoms with Gasteiger partial charge in [0.05, 0.1) is 16.9 Å². The van der Waals surface area contributed by atoms with E-state index in [2.05, 4.69) is 26.2 Å². The van der Waals surface area contributed by atoms with Gasteiger partial charge in [-0.15, -0.1) is 5.10 Å². The third-order valence-corrected chi connectivity index (χ3v) is 3.88. The van der Waals surface area contributed by atoms with Gasteiger partial charge in [-0.2, -0.15) is 0 Å². The van der Waals surface area contributed by atoms with Crippen LogP contribution in [0.5, 0.6) is 0 Å². The summed E-state index contributed by atoms with van der Waals surface area (Å²) < 4.78 is 41.6. The first kappa shape index (κ1) is 20.0. The highest BCUT2D eigenvalue weighted by Crippen LogP contribution is 2.18. The van der Waals surface area contributed by atoms with Crippen LogP contribution in [0.3, 0.4) is 0 Å². The van der Waals surface area contributed by atoms with Gasteiger partial charge in [0.1, 0.15) is 23.8 Å². The van der Waals surface area contributed by atoms with Crippen molar-refractivity contribution in [3.05, 3.63) is 65.7 Å². The molecule has 2 N–H and O–H groups in total. The first-order valence-corrected chi connectivity index (χ1v) is 8.50. The lowest BCUT2D eigenvalue weighted by Gasteiger charge is -2.09. The molecule has 0 aliphatic carbocycles. The van der Waals surface area contributed by atoms with Crippen molar-refractivity contribution in [3.63, 3.8) is 0 Å². The maximum atomic E-state index is 13.9. The van der Waals surface area contributed by atoms with Gasteiger partial charge >= 0.3 is 0 Å². The van der Waals surface area contributed by atoms with Crippen molar-refractivity contribution < 1.29 is 22.8 Å². The summed E-state index contributed by atoms with van der Waals surface area (Å²) in [6.45, 7) is 0.0796. The summed E-state index contributed by atoms with van der Waals surface area (Å²) in [6.07, 6.45) is 1.54. The van der Waals surface area contributed by atoms with E-state index in [0.29, 0.717) is 11.8 Å². The molecule has 0 atom stereocenters. The molecular weight excluding hydrogens is 389 g/mol. The molecule has 1 aromatic heterocycles. The molecule has 8 nitrogen and oxygen atoms in total. The molecule has 0 bridgehead atoms. The van der Waals surface area contributed by atoms with E-state index in [1.165, 1.54) is 29.2 Å². The monoisotopic (exact) mass is 404 g/mol. The van der Waals surface area contributed by atoms with Crippen LogP contribution >= 0.6 is 0 Å². The van der Waals surface area contributed by atoms with Crippen LogP contribution in [0.15, 0.2) is 42.7 Å². The van der Waals surface area contributed by atoms with Gasteiger partial charge in [-0.3, -0.25) is 9.59 Å². The van der Waals surface area contributed by atoms with E-state index in [1.807, 2.05) is 0 Å². The zero-order valence-electron chi connectivity index (χ0n) is 14.9. The predicted octanol–water partition coefficient (Wildman–Crippen LogP) is 2.23. The summed E-state index contributed by atoms with van der Waals surface area (Å²) in [6, 6.07) is 6.62. The number of carbonyl (C=O) groups is 2. The molecule has 0 fully saturated rings. The molecule has 11 heteroatoms. The van der Waals surface area contributed by atoms with Gasteiger partial charge in [-0.05, 0) is 47.2 Å². The molecule has 3 aromatic rings. The van der Waals surface area contributed by atoms with Crippen molar-refractivity contribution >= 4 is 17.5 Å². The minimum atomic E-state index is -0.974. The molecule has 0 saturated heterocycles. The maximum Gasteiger partial charge on any atom is 0.254 e. The highest BCUT2D eigenvalue weighted by molar-refractivity contribution is 5.94. The van der Waals surface area contributed by atoms with E-state index < -0.39 is 29.3 Å². The molecule has 2 amide bonds. The lowest BCUT2D eigenvalue weighted by molar-refractivity contribution is -0.116. The number of amides is 2. The van der Waals surface area contributed by atoms with Gasteiger partial charge < -0.3 is 10.6 Å². The molecule has 1 heterocycles. The fraction of sp³-hybridized carbons (Fsp3) is 0.167. The van der Waals surface area contributed by atoms with Gasteiger partial charge in [0.2, 0.25) is 5.91 Å². The van der Waals surface area contributed by atoms with E-state index in [-0.39, 0.29) is 30.6 Å². The Bertz CT molecular complexity index is 1030. The summed E-state index contributed by atoms with van der Waals surface area (Å²) >= 11 is 0. The number of aromatic nitrogens is 4. The Morgan fingerprint density at radius 2 is 1.86 bits per heavy atom. The number of hydrogen-bond donors (Lipinski definition) is 2. The summed E-state index contributed by atoms with van der Waals surface area (Å²) in [7, 11) is 0. The Morgan fingerprint density at radius 3 is 2.59 bits per heavy atom. The van der Waals surface area contributed by atoms with Crippen LogP contribution < -0.4 is 10.6 Å². The molecule has 0 saturated carbocycles. The number of anilines is 1. The SMILES string of the molecule is O=C(CCCNC(=O)c1ccc(F)cc1F)Nc1cc(-n2cnnn2)ccc1F. The minimum absolute atomic E-state index is 0.0132. The molecular formula is C18H15F3N6O2. The largest absolute Gasteiger partial charge is 0.352 e. The van der Waals surface area contributed by atoms with Crippen molar-refractivity contribution in [2.45, 2.75) is 12.8 Å². The molecule has 0 aliphatic heterocycles. The molecule has 0 aliphatic rings. The second kappa shape index (κ2) is 8.95. The third kappa shape index (κ3) is 5.15. The number of benzene rings is 2. The second-order valence-electron chi connectivity index (χ2n) is 5.95. The van der Waals surface area contributed by atoms with Gasteiger partial charge in [0.25, 0.3) is 5.91 Å². The van der Waals surface area contributed by atoms with Crippen molar-refractivity contribution in [3.8, 4) is 5.69 Å². The Kier molecular flexibility index (Phi) is 6.17. The van der Waals surface area contributed by atoms with Gasteiger partial charge in [0.15, 0.2) is 0 Å². The predicted molar refractivity (Wildman–Crippen MR) is 95.7 cm³/mol. The fourth-order valence-electron chi connectivity index (χ4n) is 2.46. The molecule has 2 aromatic carbocycles. The average molecular weight is 404 g/mol. The normalized spacial score (nSPS) is 10.6. The summed E-state index contributed by atoms with van der Waals surface area (Å²) in [5.41, 5.74) is 0.123. The van der Waals surface area contributed by atoms with Gasteiger partial charge in [-0.1, -0.05) is 0 Å². The van der Waals surface area contributed by atoms with E-state index in [9.17, 15) is 22.8 Å². The minimum Gasteiger partial charge on any atom is -0.352 e. The van der Waals surface area contributed by atoms with Crippen LogP contribution in [0, 0.1) is 17.5 Å². The number of carbonyl (C=O) groups excluding carboxylic acids is 2. The summed E-state index contributed by atoms with van der Waals surface area (Å²) in [5.74, 6) is -3.58. The third-order valence-electron chi connectivity index (χ3n) is 3.88. The lowest BCUT2D eigenvalue weighted by atomic mass is 10.2. The summed E-state index contributed by atoms with van der Waals surface area (Å²) in [4.78, 5) is 23.9. The average Bonchev–Trinajstić information content (AvgIpc) is 3.21. The zero-order chi connectivity index (χ0) is 20.8. The van der Waals surface area contributed by atoms with Gasteiger partial charge in [-0.25, -0.2) is 17.9 Å². The number of nitrogens with one attached hydrogen (secondary N) is 2. The van der Waals surface area contributed by atoms with Crippen LogP contribution in [0.25, 0.3) is 5.69 Å². The lowest BCUT2D eigenvalue weighted by Crippen LogP contribution is -2.26. The van der Waals surface area contributed by atoms with Crippen LogP contribution in [0.4, 0.5) is 18.9 Å². The highest BCUT2D eigenvalue weighted by atomic mass is 19.1. The highest BCUT2D eigenvalue weighted by Gasteiger charge is 2.13. The van der Waals surface area contributed by atoms with Crippen molar-refractivity contribution in [1.82, 2.24) is 25.5 Å². The Hall–Kier alpha value is -3.76. The molecule has 0 unspecified atom stereocenters. The van der Waals surface area contributed by atoms with Crippen LogP contribution in [0.1, 0.15) is 23.2 Å². The number of nitrogens with zero attached hydrogens (tertiary/aromatic N) is 4. The molecule has 29 heavy (non-hydrogen) atoms. The quantitative estimate of drug-likeness (QED) is 0.588. The van der Waals surface area contributed by atoms with E-state index in [0.717, 1.165) is 12.1 Å². The van der Waals surface area contributed by atoms with E-state index in [4.69, 9.17) is 0 Å². The smallest absolute Gasteiger partial charge is 0.254 e. The van der Waals surface area contributed by atoms with Crippen LogP contribution in [-0.2, 0) is 4.79 Å². The first-order valence-electron chi connectivity index (χ1n) is 8.50. The molecule has 0 radical (unpaired) electrons. The number of tetrazole rings is 1. The number of rotatable bonds is 7. The zero-order valence-corrected chi connectivity index (χ0v) is 14.9. The summed E-state index contributed by atoms with van der Waals surface area (Å²) in [5, 5.41) is 15.5. The van der Waals surface area contributed by atoms with Crippen molar-refractivity contribution in [2.75, 3.05) is 11.9 Å². The van der Waals surface area contributed by atoms with E-state index >= 15 is 0 Å². The van der Waals surface area contributed by atoms with Crippen LogP contribution in [-0.4, -0.2) is 38.6 Å². The number of hydrogen-bond acceptors (Lipinski definition) is 5. The van der Waals surface area contributed by atoms with Crippen molar-refractivity contribution in [1.29, 1.82) is 0 Å². The topological polar surface area (TPSA) is 102 Å².